The van der Waals surface area contributed by atoms with Crippen molar-refractivity contribution in [1.29, 1.82) is 0 Å². The van der Waals surface area contributed by atoms with E-state index in [4.69, 9.17) is 15.2 Å². The van der Waals surface area contributed by atoms with Crippen molar-refractivity contribution in [3.05, 3.63) is 41.5 Å². The number of nitrogens with two attached hydrogens (primary N) is 1. The molecule has 3 heterocycles. The summed E-state index contributed by atoms with van der Waals surface area (Å²) in [4.78, 5) is 34.4. The average molecular weight is 379 g/mol. The molecule has 0 atom stereocenters. The minimum atomic E-state index is -0.575. The lowest BCUT2D eigenvalue weighted by molar-refractivity contribution is -0.129. The zero-order valence-electron chi connectivity index (χ0n) is 15.8. The third-order valence-electron chi connectivity index (χ3n) is 5.29. The number of fused-ring (bicyclic) bond motifs is 1. The van der Waals surface area contributed by atoms with Crippen molar-refractivity contribution in [2.24, 2.45) is 5.73 Å². The number of nitrogens with zero attached hydrogens (tertiary/aromatic N) is 4. The first-order chi connectivity index (χ1) is 13.4. The largest absolute Gasteiger partial charge is 0.365 e. The molecule has 0 spiro atoms. The van der Waals surface area contributed by atoms with Gasteiger partial charge in [0, 0.05) is 43.1 Å². The number of benzene rings is 1. The standard InChI is InChI=1S/C20H21N5O3/c1-11-17(19(21)27)18(24-28-11)14-3-4-15-10-22-20(23-16(15)9-14)13-5-7-25(8-6-13)12(2)26/h3-4,9-10,13H,5-8H2,1-2H3,(H2,21,27). The molecule has 0 aliphatic carbocycles. The monoisotopic (exact) mass is 379 g/mol. The van der Waals surface area contributed by atoms with Crippen LogP contribution in [0.4, 0.5) is 0 Å². The molecular weight excluding hydrogens is 358 g/mol. The number of aromatic nitrogens is 3. The summed E-state index contributed by atoms with van der Waals surface area (Å²) in [6.07, 6.45) is 3.50. The van der Waals surface area contributed by atoms with Gasteiger partial charge in [0.25, 0.3) is 5.91 Å². The normalized spacial score (nSPS) is 15.1. The van der Waals surface area contributed by atoms with Gasteiger partial charge < -0.3 is 15.2 Å². The summed E-state index contributed by atoms with van der Waals surface area (Å²) >= 11 is 0. The Balaban J connectivity index is 1.67. The van der Waals surface area contributed by atoms with Crippen LogP contribution in [0.25, 0.3) is 22.2 Å². The summed E-state index contributed by atoms with van der Waals surface area (Å²) in [7, 11) is 0. The van der Waals surface area contributed by atoms with Gasteiger partial charge in [-0.15, -0.1) is 0 Å². The number of primary amides is 1. The molecule has 1 fully saturated rings. The Morgan fingerprint density at radius 2 is 2.00 bits per heavy atom. The summed E-state index contributed by atoms with van der Waals surface area (Å²) in [5.41, 5.74) is 7.66. The highest BCUT2D eigenvalue weighted by atomic mass is 16.5. The highest BCUT2D eigenvalue weighted by Gasteiger charge is 2.24. The predicted octanol–water partition coefficient (Wildman–Crippen LogP) is 2.42. The zero-order valence-corrected chi connectivity index (χ0v) is 15.8. The first-order valence-electron chi connectivity index (χ1n) is 9.22. The van der Waals surface area contributed by atoms with Crippen LogP contribution >= 0.6 is 0 Å². The molecule has 8 nitrogen and oxygen atoms in total. The Bertz CT molecular complexity index is 1070. The highest BCUT2D eigenvalue weighted by molar-refractivity contribution is 6.00. The second-order valence-electron chi connectivity index (χ2n) is 7.11. The topological polar surface area (TPSA) is 115 Å². The number of amides is 2. The molecule has 0 saturated carbocycles. The molecule has 1 saturated heterocycles. The fourth-order valence-electron chi connectivity index (χ4n) is 3.69. The molecule has 2 aromatic heterocycles. The van der Waals surface area contributed by atoms with Gasteiger partial charge >= 0.3 is 0 Å². The summed E-state index contributed by atoms with van der Waals surface area (Å²) in [5, 5.41) is 4.89. The van der Waals surface area contributed by atoms with Gasteiger partial charge in [0.15, 0.2) is 0 Å². The third kappa shape index (κ3) is 3.21. The molecule has 28 heavy (non-hydrogen) atoms. The molecule has 8 heteroatoms. The fourth-order valence-corrected chi connectivity index (χ4v) is 3.69. The van der Waals surface area contributed by atoms with E-state index >= 15 is 0 Å². The van der Waals surface area contributed by atoms with Crippen LogP contribution in [0.2, 0.25) is 0 Å². The van der Waals surface area contributed by atoms with E-state index < -0.39 is 5.91 Å². The van der Waals surface area contributed by atoms with Crippen LogP contribution in [-0.4, -0.2) is 44.9 Å². The number of hydrogen-bond acceptors (Lipinski definition) is 6. The van der Waals surface area contributed by atoms with Gasteiger partial charge in [0.05, 0.1) is 5.52 Å². The van der Waals surface area contributed by atoms with Crippen LogP contribution < -0.4 is 5.73 Å². The Kier molecular flexibility index (Phi) is 4.54. The second kappa shape index (κ2) is 7.03. The van der Waals surface area contributed by atoms with Crippen LogP contribution in [0.3, 0.4) is 0 Å². The number of likely N-dealkylation sites (tertiary alicyclic amines) is 1. The molecule has 2 N–H and O–H groups in total. The van der Waals surface area contributed by atoms with E-state index in [1.807, 2.05) is 29.3 Å². The van der Waals surface area contributed by atoms with E-state index in [1.165, 1.54) is 0 Å². The second-order valence-corrected chi connectivity index (χ2v) is 7.11. The molecule has 0 unspecified atom stereocenters. The molecule has 1 aromatic carbocycles. The van der Waals surface area contributed by atoms with Crippen LogP contribution in [0.5, 0.6) is 0 Å². The van der Waals surface area contributed by atoms with Crippen molar-refractivity contribution in [2.75, 3.05) is 13.1 Å². The van der Waals surface area contributed by atoms with E-state index in [0.29, 0.717) is 17.0 Å². The highest BCUT2D eigenvalue weighted by Crippen LogP contribution is 2.30. The first-order valence-corrected chi connectivity index (χ1v) is 9.22. The van der Waals surface area contributed by atoms with E-state index in [-0.39, 0.29) is 17.4 Å². The van der Waals surface area contributed by atoms with Crippen LogP contribution in [0.15, 0.2) is 28.9 Å². The van der Waals surface area contributed by atoms with Crippen molar-refractivity contribution in [2.45, 2.75) is 32.6 Å². The Morgan fingerprint density at radius 1 is 1.25 bits per heavy atom. The lowest BCUT2D eigenvalue weighted by Gasteiger charge is -2.30. The Labute approximate surface area is 161 Å². The molecule has 144 valence electrons. The summed E-state index contributed by atoms with van der Waals surface area (Å²) < 4.78 is 5.16. The van der Waals surface area contributed by atoms with Crippen LogP contribution in [-0.2, 0) is 4.79 Å². The van der Waals surface area contributed by atoms with Crippen molar-refractivity contribution in [3.63, 3.8) is 0 Å². The average Bonchev–Trinajstić information content (AvgIpc) is 3.09. The maximum Gasteiger partial charge on any atom is 0.254 e. The van der Waals surface area contributed by atoms with Gasteiger partial charge in [-0.05, 0) is 25.8 Å². The summed E-state index contributed by atoms with van der Waals surface area (Å²) in [5.74, 6) is 0.923. The van der Waals surface area contributed by atoms with E-state index in [9.17, 15) is 9.59 Å². The number of piperidine rings is 1. The van der Waals surface area contributed by atoms with Gasteiger partial charge in [-0.2, -0.15) is 0 Å². The predicted molar refractivity (Wildman–Crippen MR) is 103 cm³/mol. The number of rotatable bonds is 3. The molecule has 2 amide bonds. The molecule has 4 rings (SSSR count). The fraction of sp³-hybridized carbons (Fsp3) is 0.350. The number of aryl methyl sites for hydroxylation is 1. The van der Waals surface area contributed by atoms with E-state index in [2.05, 4.69) is 10.1 Å². The molecular formula is C20H21N5O3. The Morgan fingerprint density at radius 3 is 2.68 bits per heavy atom. The minimum absolute atomic E-state index is 0.107. The molecule has 0 bridgehead atoms. The van der Waals surface area contributed by atoms with Crippen molar-refractivity contribution in [3.8, 4) is 11.3 Å². The summed E-state index contributed by atoms with van der Waals surface area (Å²) in [6.45, 7) is 4.70. The van der Waals surface area contributed by atoms with E-state index in [1.54, 1.807) is 13.8 Å². The number of hydrogen-bond donors (Lipinski definition) is 1. The zero-order chi connectivity index (χ0) is 19.8. The number of carbonyl (C=O) groups is 2. The molecule has 1 aliphatic heterocycles. The van der Waals surface area contributed by atoms with Crippen molar-refractivity contribution in [1.82, 2.24) is 20.0 Å². The van der Waals surface area contributed by atoms with E-state index in [0.717, 1.165) is 42.7 Å². The summed E-state index contributed by atoms with van der Waals surface area (Å²) in [6, 6.07) is 5.61. The van der Waals surface area contributed by atoms with Gasteiger partial charge in [-0.3, -0.25) is 9.59 Å². The van der Waals surface area contributed by atoms with Gasteiger partial charge in [-0.25, -0.2) is 9.97 Å². The quantitative estimate of drug-likeness (QED) is 0.747. The molecule has 0 radical (unpaired) electrons. The van der Waals surface area contributed by atoms with Crippen LogP contribution in [0.1, 0.15) is 47.6 Å². The maximum atomic E-state index is 11.7. The van der Waals surface area contributed by atoms with Gasteiger partial charge in [0.2, 0.25) is 5.91 Å². The first kappa shape index (κ1) is 18.1. The van der Waals surface area contributed by atoms with Gasteiger partial charge in [-0.1, -0.05) is 17.3 Å². The maximum absolute atomic E-state index is 11.7. The minimum Gasteiger partial charge on any atom is -0.365 e. The number of carbonyl (C=O) groups excluding carboxylic acids is 2. The lowest BCUT2D eigenvalue weighted by Crippen LogP contribution is -2.36. The third-order valence-corrected chi connectivity index (χ3v) is 5.29. The van der Waals surface area contributed by atoms with Crippen molar-refractivity contribution < 1.29 is 14.1 Å². The van der Waals surface area contributed by atoms with Crippen molar-refractivity contribution >= 4 is 22.7 Å². The SMILES string of the molecule is CC(=O)N1CCC(c2ncc3ccc(-c4noc(C)c4C(N)=O)cc3n2)CC1. The molecule has 3 aromatic rings. The van der Waals surface area contributed by atoms with Gasteiger partial charge in [0.1, 0.15) is 22.8 Å². The smallest absolute Gasteiger partial charge is 0.254 e. The van der Waals surface area contributed by atoms with Crippen LogP contribution in [0, 0.1) is 6.92 Å². The lowest BCUT2D eigenvalue weighted by atomic mass is 9.95. The molecule has 1 aliphatic rings. The Hall–Kier alpha value is -3.29.